The zero-order valence-corrected chi connectivity index (χ0v) is 6.90. The topological polar surface area (TPSA) is 32.3 Å². The van der Waals surface area contributed by atoms with Crippen molar-refractivity contribution in [3.8, 4) is 0 Å². The SMILES string of the molecule is OCNc1cccc(C(F)(F)F)c1F. The van der Waals surface area contributed by atoms with E-state index in [4.69, 9.17) is 5.11 Å². The molecule has 14 heavy (non-hydrogen) atoms. The molecular weight excluding hydrogens is 202 g/mol. The zero-order valence-electron chi connectivity index (χ0n) is 6.90. The second-order valence-corrected chi connectivity index (χ2v) is 2.50. The van der Waals surface area contributed by atoms with Crippen LogP contribution in [0.1, 0.15) is 5.56 Å². The van der Waals surface area contributed by atoms with Crippen molar-refractivity contribution in [3.63, 3.8) is 0 Å². The monoisotopic (exact) mass is 209 g/mol. The van der Waals surface area contributed by atoms with Crippen molar-refractivity contribution < 1.29 is 22.7 Å². The first-order valence-electron chi connectivity index (χ1n) is 3.67. The molecule has 1 aromatic rings. The van der Waals surface area contributed by atoms with Crippen LogP contribution in [0.2, 0.25) is 0 Å². The van der Waals surface area contributed by atoms with Crippen LogP contribution in [0.3, 0.4) is 0 Å². The Morgan fingerprint density at radius 1 is 1.29 bits per heavy atom. The van der Waals surface area contributed by atoms with E-state index in [9.17, 15) is 17.6 Å². The van der Waals surface area contributed by atoms with Crippen molar-refractivity contribution >= 4 is 5.69 Å². The number of aliphatic hydroxyl groups excluding tert-OH is 1. The van der Waals surface area contributed by atoms with E-state index >= 15 is 0 Å². The summed E-state index contributed by atoms with van der Waals surface area (Å²) in [6.07, 6.45) is -4.72. The number of alkyl halides is 3. The summed E-state index contributed by atoms with van der Waals surface area (Å²) in [4.78, 5) is 0. The van der Waals surface area contributed by atoms with Gasteiger partial charge in [0.05, 0.1) is 11.3 Å². The number of hydrogen-bond acceptors (Lipinski definition) is 2. The Hall–Kier alpha value is -1.30. The molecule has 1 rings (SSSR count). The lowest BCUT2D eigenvalue weighted by Crippen LogP contribution is -2.11. The summed E-state index contributed by atoms with van der Waals surface area (Å²) in [7, 11) is 0. The van der Waals surface area contributed by atoms with Gasteiger partial charge >= 0.3 is 6.18 Å². The highest BCUT2D eigenvalue weighted by molar-refractivity contribution is 5.48. The van der Waals surface area contributed by atoms with E-state index in [1.807, 2.05) is 0 Å². The number of rotatable bonds is 2. The first-order chi connectivity index (χ1) is 6.46. The molecule has 0 heterocycles. The van der Waals surface area contributed by atoms with Crippen molar-refractivity contribution in [2.75, 3.05) is 12.0 Å². The van der Waals surface area contributed by atoms with Gasteiger partial charge in [0.15, 0.2) is 5.82 Å². The molecular formula is C8H7F4NO. The standard InChI is InChI=1S/C8H7F4NO/c9-7-5(8(10,11)12)2-1-3-6(7)13-4-14/h1-3,13-14H,4H2. The number of aliphatic hydroxyl groups is 1. The Kier molecular flexibility index (Phi) is 2.95. The summed E-state index contributed by atoms with van der Waals surface area (Å²) in [6, 6.07) is 2.81. The van der Waals surface area contributed by atoms with E-state index in [1.54, 1.807) is 0 Å². The first-order valence-corrected chi connectivity index (χ1v) is 3.67. The van der Waals surface area contributed by atoms with Crippen LogP contribution in [0, 0.1) is 5.82 Å². The van der Waals surface area contributed by atoms with Crippen LogP contribution in [0.25, 0.3) is 0 Å². The number of benzene rings is 1. The van der Waals surface area contributed by atoms with Crippen molar-refractivity contribution in [1.82, 2.24) is 0 Å². The Bertz CT molecular complexity index is 324. The maximum Gasteiger partial charge on any atom is 0.419 e. The van der Waals surface area contributed by atoms with Gasteiger partial charge in [-0.05, 0) is 12.1 Å². The Morgan fingerprint density at radius 3 is 2.43 bits per heavy atom. The molecule has 0 saturated carbocycles. The molecule has 2 N–H and O–H groups in total. The third kappa shape index (κ3) is 2.14. The number of nitrogens with one attached hydrogen (secondary N) is 1. The number of hydrogen-bond donors (Lipinski definition) is 2. The van der Waals surface area contributed by atoms with Crippen LogP contribution in [-0.4, -0.2) is 11.8 Å². The lowest BCUT2D eigenvalue weighted by Gasteiger charge is -2.11. The summed E-state index contributed by atoms with van der Waals surface area (Å²) in [5, 5.41) is 10.4. The normalized spacial score (nSPS) is 11.5. The molecule has 0 aliphatic rings. The maximum atomic E-state index is 13.1. The molecule has 0 unspecified atom stereocenters. The molecule has 0 aliphatic heterocycles. The highest BCUT2D eigenvalue weighted by atomic mass is 19.4. The summed E-state index contributed by atoms with van der Waals surface area (Å²) in [6.45, 7) is -0.627. The third-order valence-electron chi connectivity index (χ3n) is 1.57. The molecule has 0 spiro atoms. The molecule has 0 radical (unpaired) electrons. The largest absolute Gasteiger partial charge is 0.419 e. The van der Waals surface area contributed by atoms with Gasteiger partial charge in [-0.25, -0.2) is 4.39 Å². The molecule has 0 amide bonds. The first kappa shape index (κ1) is 10.8. The van der Waals surface area contributed by atoms with Crippen molar-refractivity contribution in [2.24, 2.45) is 0 Å². The van der Waals surface area contributed by atoms with Gasteiger partial charge < -0.3 is 10.4 Å². The zero-order chi connectivity index (χ0) is 10.8. The van der Waals surface area contributed by atoms with Gasteiger partial charge in [-0.1, -0.05) is 6.07 Å². The van der Waals surface area contributed by atoms with Gasteiger partial charge in [-0.15, -0.1) is 0 Å². The fourth-order valence-electron chi connectivity index (χ4n) is 0.973. The molecule has 2 nitrogen and oxygen atoms in total. The second kappa shape index (κ2) is 3.83. The predicted octanol–water partition coefficient (Wildman–Crippen LogP) is 2.21. The fourth-order valence-corrected chi connectivity index (χ4v) is 0.973. The third-order valence-corrected chi connectivity index (χ3v) is 1.57. The van der Waals surface area contributed by atoms with Crippen LogP contribution in [-0.2, 0) is 6.18 Å². The quantitative estimate of drug-likeness (QED) is 0.578. The lowest BCUT2D eigenvalue weighted by molar-refractivity contribution is -0.139. The highest BCUT2D eigenvalue weighted by Gasteiger charge is 2.34. The fraction of sp³-hybridized carbons (Fsp3) is 0.250. The average Bonchev–Trinajstić information content (AvgIpc) is 2.07. The van der Waals surface area contributed by atoms with Crippen LogP contribution in [0.15, 0.2) is 18.2 Å². The summed E-state index contributed by atoms with van der Waals surface area (Å²) < 4.78 is 49.5. The molecule has 0 atom stereocenters. The van der Waals surface area contributed by atoms with E-state index < -0.39 is 24.3 Å². The number of anilines is 1. The number of halogens is 4. The Balaban J connectivity index is 3.14. The molecule has 1 aromatic carbocycles. The minimum Gasteiger partial charge on any atom is -0.377 e. The van der Waals surface area contributed by atoms with Gasteiger partial charge in [0.2, 0.25) is 0 Å². The van der Waals surface area contributed by atoms with Gasteiger partial charge in [0, 0.05) is 0 Å². The van der Waals surface area contributed by atoms with Crippen molar-refractivity contribution in [3.05, 3.63) is 29.6 Å². The van der Waals surface area contributed by atoms with Crippen molar-refractivity contribution in [1.29, 1.82) is 0 Å². The summed E-state index contributed by atoms with van der Waals surface area (Å²) in [5.41, 5.74) is -1.72. The van der Waals surface area contributed by atoms with Gasteiger partial charge in [0.1, 0.15) is 6.73 Å². The Morgan fingerprint density at radius 2 is 1.93 bits per heavy atom. The maximum absolute atomic E-state index is 13.1. The molecule has 6 heteroatoms. The second-order valence-electron chi connectivity index (χ2n) is 2.50. The highest BCUT2D eigenvalue weighted by Crippen LogP contribution is 2.33. The van der Waals surface area contributed by atoms with E-state index in [1.165, 1.54) is 0 Å². The summed E-state index contributed by atoms with van der Waals surface area (Å²) in [5.74, 6) is -1.41. The van der Waals surface area contributed by atoms with Crippen molar-refractivity contribution in [2.45, 2.75) is 6.18 Å². The Labute approximate surface area is 77.2 Å². The molecule has 0 aromatic heterocycles. The van der Waals surface area contributed by atoms with E-state index in [2.05, 4.69) is 5.32 Å². The van der Waals surface area contributed by atoms with Gasteiger partial charge in [0.25, 0.3) is 0 Å². The molecule has 0 bridgehead atoms. The van der Waals surface area contributed by atoms with Crippen LogP contribution < -0.4 is 5.32 Å². The van der Waals surface area contributed by atoms with E-state index in [-0.39, 0.29) is 5.69 Å². The van der Waals surface area contributed by atoms with Gasteiger partial charge in [-0.3, -0.25) is 0 Å². The van der Waals surface area contributed by atoms with E-state index in [0.717, 1.165) is 12.1 Å². The summed E-state index contributed by atoms with van der Waals surface area (Å²) >= 11 is 0. The van der Waals surface area contributed by atoms with Crippen LogP contribution in [0.4, 0.5) is 23.2 Å². The van der Waals surface area contributed by atoms with Crippen LogP contribution >= 0.6 is 0 Å². The molecule has 0 fully saturated rings. The van der Waals surface area contributed by atoms with Crippen LogP contribution in [0.5, 0.6) is 0 Å². The lowest BCUT2D eigenvalue weighted by atomic mass is 10.2. The minimum atomic E-state index is -4.72. The van der Waals surface area contributed by atoms with Gasteiger partial charge in [-0.2, -0.15) is 13.2 Å². The molecule has 78 valence electrons. The van der Waals surface area contributed by atoms with E-state index in [0.29, 0.717) is 6.07 Å². The molecule has 0 aliphatic carbocycles. The average molecular weight is 209 g/mol. The predicted molar refractivity (Wildman–Crippen MR) is 42.1 cm³/mol. The minimum absolute atomic E-state index is 0.373. The molecule has 0 saturated heterocycles. The smallest absolute Gasteiger partial charge is 0.377 e.